The number of piperidine rings is 1. The summed E-state index contributed by atoms with van der Waals surface area (Å²) in [5.74, 6) is 0.188. The van der Waals surface area contributed by atoms with E-state index in [1.54, 1.807) is 0 Å². The maximum Gasteiger partial charge on any atom is 0.244 e. The molecule has 19 heavy (non-hydrogen) atoms. The van der Waals surface area contributed by atoms with Gasteiger partial charge in [-0.05, 0) is 31.7 Å². The minimum atomic E-state index is 0.188. The summed E-state index contributed by atoms with van der Waals surface area (Å²) in [6.07, 6.45) is 5.34. The molecule has 1 aromatic carbocycles. The van der Waals surface area contributed by atoms with Crippen LogP contribution in [0.4, 0.5) is 0 Å². The molecule has 0 radical (unpaired) electrons. The van der Waals surface area contributed by atoms with Crippen LogP contribution in [-0.2, 0) is 11.3 Å². The van der Waals surface area contributed by atoms with Crippen molar-refractivity contribution in [2.75, 3.05) is 13.1 Å². The zero-order chi connectivity index (χ0) is 13.2. The number of fused-ring (bicyclic) bond motifs is 1. The first-order chi connectivity index (χ1) is 9.25. The summed E-state index contributed by atoms with van der Waals surface area (Å²) >= 11 is 0. The number of hydrogen-bond donors (Lipinski definition) is 0. The normalized spacial score (nSPS) is 15.9. The standard InChI is InChI=1S/C15H19N3O/c1-12-6-5-7-13-10-16-18(15(12)13)11-14(19)17-8-3-2-4-9-17/h5-7,10H,2-4,8-9,11H2,1H3. The van der Waals surface area contributed by atoms with E-state index in [1.807, 2.05) is 27.9 Å². The SMILES string of the molecule is Cc1cccc2cnn(CC(=O)N3CCCCC3)c12. The smallest absolute Gasteiger partial charge is 0.244 e. The number of aromatic nitrogens is 2. The van der Waals surface area contributed by atoms with Gasteiger partial charge in [0, 0.05) is 18.5 Å². The lowest BCUT2D eigenvalue weighted by molar-refractivity contribution is -0.132. The number of hydrogen-bond acceptors (Lipinski definition) is 2. The fraction of sp³-hybridized carbons (Fsp3) is 0.467. The summed E-state index contributed by atoms with van der Waals surface area (Å²) in [6, 6.07) is 6.12. The number of nitrogens with zero attached hydrogens (tertiary/aromatic N) is 3. The number of carbonyl (C=O) groups excluding carboxylic acids is 1. The van der Waals surface area contributed by atoms with Crippen LogP contribution in [0.2, 0.25) is 0 Å². The summed E-state index contributed by atoms with van der Waals surface area (Å²) < 4.78 is 1.83. The Morgan fingerprint density at radius 1 is 1.26 bits per heavy atom. The van der Waals surface area contributed by atoms with E-state index in [2.05, 4.69) is 18.1 Å². The van der Waals surface area contributed by atoms with Crippen LogP contribution in [-0.4, -0.2) is 33.7 Å². The Bertz CT molecular complexity index is 596. The minimum absolute atomic E-state index is 0.188. The number of carbonyl (C=O) groups is 1. The molecule has 1 fully saturated rings. The lowest BCUT2D eigenvalue weighted by atomic mass is 10.1. The van der Waals surface area contributed by atoms with Gasteiger partial charge in [0.25, 0.3) is 0 Å². The van der Waals surface area contributed by atoms with Crippen LogP contribution in [0.1, 0.15) is 24.8 Å². The van der Waals surface area contributed by atoms with E-state index < -0.39 is 0 Å². The second-order valence-corrected chi connectivity index (χ2v) is 5.26. The average molecular weight is 257 g/mol. The van der Waals surface area contributed by atoms with Crippen molar-refractivity contribution < 1.29 is 4.79 Å². The van der Waals surface area contributed by atoms with Gasteiger partial charge < -0.3 is 4.90 Å². The molecule has 1 aliphatic heterocycles. The van der Waals surface area contributed by atoms with Crippen LogP contribution in [0.25, 0.3) is 10.9 Å². The Labute approximate surface area is 113 Å². The highest BCUT2D eigenvalue weighted by Crippen LogP contribution is 2.18. The summed E-state index contributed by atoms with van der Waals surface area (Å²) in [7, 11) is 0. The Kier molecular flexibility index (Phi) is 3.23. The monoisotopic (exact) mass is 257 g/mol. The molecule has 2 heterocycles. The van der Waals surface area contributed by atoms with Crippen molar-refractivity contribution in [2.24, 2.45) is 0 Å². The molecule has 4 heteroatoms. The van der Waals surface area contributed by atoms with Gasteiger partial charge in [0.05, 0.1) is 11.7 Å². The van der Waals surface area contributed by atoms with Crippen molar-refractivity contribution in [1.82, 2.24) is 14.7 Å². The number of rotatable bonds is 2. The number of aryl methyl sites for hydroxylation is 1. The minimum Gasteiger partial charge on any atom is -0.341 e. The molecular formula is C15H19N3O. The second kappa shape index (κ2) is 5.03. The van der Waals surface area contributed by atoms with Crippen molar-refractivity contribution in [3.05, 3.63) is 30.0 Å². The molecule has 0 atom stereocenters. The second-order valence-electron chi connectivity index (χ2n) is 5.26. The maximum absolute atomic E-state index is 12.3. The Hall–Kier alpha value is -1.84. The molecule has 2 aromatic rings. The topological polar surface area (TPSA) is 38.1 Å². The van der Waals surface area contributed by atoms with Crippen molar-refractivity contribution in [3.8, 4) is 0 Å². The van der Waals surface area contributed by atoms with Crippen LogP contribution in [0.5, 0.6) is 0 Å². The Morgan fingerprint density at radius 2 is 2.05 bits per heavy atom. The molecule has 0 spiro atoms. The van der Waals surface area contributed by atoms with Crippen molar-refractivity contribution >= 4 is 16.8 Å². The first-order valence-corrected chi connectivity index (χ1v) is 6.94. The highest BCUT2D eigenvalue weighted by Gasteiger charge is 2.18. The zero-order valence-electron chi connectivity index (χ0n) is 11.3. The van der Waals surface area contributed by atoms with Crippen LogP contribution >= 0.6 is 0 Å². The van der Waals surface area contributed by atoms with Gasteiger partial charge in [-0.25, -0.2) is 0 Å². The lowest BCUT2D eigenvalue weighted by Crippen LogP contribution is -2.37. The van der Waals surface area contributed by atoms with Gasteiger partial charge in [-0.1, -0.05) is 18.2 Å². The molecule has 0 N–H and O–H groups in total. The summed E-state index contributed by atoms with van der Waals surface area (Å²) in [4.78, 5) is 14.3. The predicted molar refractivity (Wildman–Crippen MR) is 74.9 cm³/mol. The first-order valence-electron chi connectivity index (χ1n) is 6.94. The third-order valence-electron chi connectivity index (χ3n) is 3.86. The third kappa shape index (κ3) is 2.35. The highest BCUT2D eigenvalue weighted by molar-refractivity contribution is 5.84. The molecule has 100 valence electrons. The lowest BCUT2D eigenvalue weighted by Gasteiger charge is -2.26. The predicted octanol–water partition coefficient (Wildman–Crippen LogP) is 2.36. The molecule has 3 rings (SSSR count). The molecule has 1 saturated heterocycles. The van der Waals surface area contributed by atoms with E-state index in [1.165, 1.54) is 12.0 Å². The molecule has 1 aromatic heterocycles. The van der Waals surface area contributed by atoms with E-state index in [9.17, 15) is 4.79 Å². The van der Waals surface area contributed by atoms with Crippen LogP contribution in [0.15, 0.2) is 24.4 Å². The third-order valence-corrected chi connectivity index (χ3v) is 3.86. The van der Waals surface area contributed by atoms with Gasteiger partial charge in [-0.2, -0.15) is 5.10 Å². The number of amides is 1. The van der Waals surface area contributed by atoms with Crippen LogP contribution in [0.3, 0.4) is 0 Å². The molecule has 1 amide bonds. The molecule has 0 unspecified atom stereocenters. The number of benzene rings is 1. The van der Waals surface area contributed by atoms with E-state index in [0.29, 0.717) is 6.54 Å². The molecule has 4 nitrogen and oxygen atoms in total. The van der Waals surface area contributed by atoms with Gasteiger partial charge in [0.1, 0.15) is 6.54 Å². The van der Waals surface area contributed by atoms with E-state index in [-0.39, 0.29) is 5.91 Å². The summed E-state index contributed by atoms with van der Waals surface area (Å²) in [5, 5.41) is 5.46. The Balaban J connectivity index is 1.83. The van der Waals surface area contributed by atoms with E-state index in [0.717, 1.165) is 36.8 Å². The van der Waals surface area contributed by atoms with Crippen LogP contribution < -0.4 is 0 Å². The number of para-hydroxylation sites is 1. The average Bonchev–Trinajstić information content (AvgIpc) is 2.84. The Morgan fingerprint density at radius 3 is 2.84 bits per heavy atom. The van der Waals surface area contributed by atoms with E-state index >= 15 is 0 Å². The molecule has 0 saturated carbocycles. The summed E-state index contributed by atoms with van der Waals surface area (Å²) in [5.41, 5.74) is 2.24. The number of likely N-dealkylation sites (tertiary alicyclic amines) is 1. The molecular weight excluding hydrogens is 238 g/mol. The summed E-state index contributed by atoms with van der Waals surface area (Å²) in [6.45, 7) is 4.22. The largest absolute Gasteiger partial charge is 0.341 e. The fourth-order valence-electron chi connectivity index (χ4n) is 2.82. The van der Waals surface area contributed by atoms with Gasteiger partial charge in [-0.3, -0.25) is 9.48 Å². The quantitative estimate of drug-likeness (QED) is 0.828. The van der Waals surface area contributed by atoms with Crippen molar-refractivity contribution in [3.63, 3.8) is 0 Å². The zero-order valence-corrected chi connectivity index (χ0v) is 11.3. The van der Waals surface area contributed by atoms with E-state index in [4.69, 9.17) is 0 Å². The van der Waals surface area contributed by atoms with Gasteiger partial charge in [-0.15, -0.1) is 0 Å². The highest BCUT2D eigenvalue weighted by atomic mass is 16.2. The van der Waals surface area contributed by atoms with Crippen LogP contribution in [0, 0.1) is 6.92 Å². The maximum atomic E-state index is 12.3. The van der Waals surface area contributed by atoms with Crippen molar-refractivity contribution in [2.45, 2.75) is 32.7 Å². The van der Waals surface area contributed by atoms with Gasteiger partial charge in [0.15, 0.2) is 0 Å². The molecule has 0 bridgehead atoms. The van der Waals surface area contributed by atoms with Gasteiger partial charge in [0.2, 0.25) is 5.91 Å². The molecule has 1 aliphatic rings. The first kappa shape index (κ1) is 12.2. The van der Waals surface area contributed by atoms with Gasteiger partial charge >= 0.3 is 0 Å². The fourth-order valence-corrected chi connectivity index (χ4v) is 2.82. The molecule has 0 aliphatic carbocycles. The van der Waals surface area contributed by atoms with Crippen molar-refractivity contribution in [1.29, 1.82) is 0 Å².